The average Bonchev–Trinajstić information content (AvgIpc) is 3.01. The molecular weight excluding hydrogens is 376 g/mol. The maximum atomic E-state index is 13.9. The lowest BCUT2D eigenvalue weighted by Gasteiger charge is -2.35. The van der Waals surface area contributed by atoms with Crippen LogP contribution in [0.4, 0.5) is 20.2 Å². The molecule has 142 valence electrons. The van der Waals surface area contributed by atoms with E-state index in [0.29, 0.717) is 24.3 Å². The molecule has 6 nitrogen and oxygen atoms in total. The van der Waals surface area contributed by atoms with Crippen molar-refractivity contribution in [1.29, 1.82) is 0 Å². The second-order valence-corrected chi connectivity index (χ2v) is 8.47. The second-order valence-electron chi connectivity index (χ2n) is 6.53. The lowest BCUT2D eigenvalue weighted by atomic mass is 10.2. The molecule has 0 radical (unpaired) electrons. The number of hydrogen-bond acceptors (Lipinski definition) is 4. The van der Waals surface area contributed by atoms with Gasteiger partial charge in [0, 0.05) is 37.9 Å². The number of benzene rings is 2. The number of amides is 1. The zero-order valence-corrected chi connectivity index (χ0v) is 15.1. The van der Waals surface area contributed by atoms with Crippen LogP contribution in [0.25, 0.3) is 0 Å². The molecule has 2 aliphatic heterocycles. The first-order chi connectivity index (χ1) is 12.8. The third kappa shape index (κ3) is 3.28. The third-order valence-corrected chi connectivity index (χ3v) is 6.72. The van der Waals surface area contributed by atoms with Crippen LogP contribution in [0.2, 0.25) is 0 Å². The number of rotatable bonds is 3. The number of nitrogens with zero attached hydrogens (tertiary/aromatic N) is 2. The normalized spacial score (nSPS) is 17.7. The number of anilines is 2. The monoisotopic (exact) mass is 393 g/mol. The Bertz CT molecular complexity index is 1020. The van der Waals surface area contributed by atoms with E-state index in [1.165, 1.54) is 28.6 Å². The number of fused-ring (bicyclic) bond motifs is 1. The Labute approximate surface area is 155 Å². The van der Waals surface area contributed by atoms with E-state index < -0.39 is 21.7 Å². The number of halogens is 2. The molecule has 2 aliphatic rings. The summed E-state index contributed by atoms with van der Waals surface area (Å²) in [7, 11) is -3.71. The van der Waals surface area contributed by atoms with Gasteiger partial charge in [-0.2, -0.15) is 4.31 Å². The lowest BCUT2D eigenvalue weighted by Crippen LogP contribution is -2.48. The smallest absolute Gasteiger partial charge is 0.243 e. The third-order valence-electron chi connectivity index (χ3n) is 4.83. The SMILES string of the molecule is O=C1Cc2cc(S(=O)(=O)N3CCN(c4ccc(F)cc4F)CC3)ccc2N1. The van der Waals surface area contributed by atoms with Crippen LogP contribution >= 0.6 is 0 Å². The predicted molar refractivity (Wildman–Crippen MR) is 96.1 cm³/mol. The van der Waals surface area contributed by atoms with Gasteiger partial charge in [-0.25, -0.2) is 17.2 Å². The first-order valence-corrected chi connectivity index (χ1v) is 9.91. The highest BCUT2D eigenvalue weighted by molar-refractivity contribution is 7.89. The van der Waals surface area contributed by atoms with E-state index in [-0.39, 0.29) is 36.0 Å². The van der Waals surface area contributed by atoms with Crippen LogP contribution in [0.1, 0.15) is 5.56 Å². The Hall–Kier alpha value is -2.52. The molecule has 0 aromatic heterocycles. The molecule has 2 aromatic carbocycles. The van der Waals surface area contributed by atoms with Gasteiger partial charge in [0.25, 0.3) is 0 Å². The molecular formula is C18H17F2N3O3S. The fourth-order valence-electron chi connectivity index (χ4n) is 3.42. The molecule has 2 heterocycles. The van der Waals surface area contributed by atoms with E-state index in [4.69, 9.17) is 0 Å². The van der Waals surface area contributed by atoms with E-state index in [1.54, 1.807) is 11.0 Å². The van der Waals surface area contributed by atoms with Gasteiger partial charge in [-0.15, -0.1) is 0 Å². The number of carbonyl (C=O) groups is 1. The summed E-state index contributed by atoms with van der Waals surface area (Å²) in [5.74, 6) is -1.47. The Kier molecular flexibility index (Phi) is 4.35. The van der Waals surface area contributed by atoms with Crippen molar-refractivity contribution in [3.8, 4) is 0 Å². The molecule has 1 N–H and O–H groups in total. The van der Waals surface area contributed by atoms with E-state index in [0.717, 1.165) is 6.07 Å². The largest absolute Gasteiger partial charge is 0.367 e. The molecule has 0 atom stereocenters. The summed E-state index contributed by atoms with van der Waals surface area (Å²) in [6.45, 7) is 0.973. The number of hydrogen-bond donors (Lipinski definition) is 1. The highest BCUT2D eigenvalue weighted by atomic mass is 32.2. The van der Waals surface area contributed by atoms with Crippen molar-refractivity contribution in [3.63, 3.8) is 0 Å². The van der Waals surface area contributed by atoms with Crippen LogP contribution in [0.3, 0.4) is 0 Å². The summed E-state index contributed by atoms with van der Waals surface area (Å²) in [6, 6.07) is 7.96. The molecule has 4 rings (SSSR count). The first kappa shape index (κ1) is 17.9. The number of carbonyl (C=O) groups excluding carboxylic acids is 1. The van der Waals surface area contributed by atoms with Gasteiger partial charge < -0.3 is 10.2 Å². The minimum Gasteiger partial charge on any atom is -0.367 e. The van der Waals surface area contributed by atoms with Crippen molar-refractivity contribution >= 4 is 27.3 Å². The summed E-state index contributed by atoms with van der Waals surface area (Å²) in [5.41, 5.74) is 1.55. The average molecular weight is 393 g/mol. The molecule has 0 spiro atoms. The molecule has 1 fully saturated rings. The maximum absolute atomic E-state index is 13.9. The minimum absolute atomic E-state index is 0.138. The quantitative estimate of drug-likeness (QED) is 0.866. The van der Waals surface area contributed by atoms with Crippen LogP contribution in [0.15, 0.2) is 41.3 Å². The Morgan fingerprint density at radius 3 is 2.41 bits per heavy atom. The van der Waals surface area contributed by atoms with Gasteiger partial charge in [-0.3, -0.25) is 4.79 Å². The number of piperazine rings is 1. The fourth-order valence-corrected chi connectivity index (χ4v) is 4.90. The molecule has 0 unspecified atom stereocenters. The number of sulfonamides is 1. The molecule has 1 amide bonds. The summed E-state index contributed by atoms with van der Waals surface area (Å²) in [6.07, 6.45) is 0.163. The van der Waals surface area contributed by atoms with Crippen LogP contribution < -0.4 is 10.2 Å². The van der Waals surface area contributed by atoms with Gasteiger partial charge in [0.05, 0.1) is 17.0 Å². The van der Waals surface area contributed by atoms with Gasteiger partial charge >= 0.3 is 0 Å². The summed E-state index contributed by atoms with van der Waals surface area (Å²) >= 11 is 0. The Balaban J connectivity index is 1.50. The summed E-state index contributed by atoms with van der Waals surface area (Å²) in [4.78, 5) is 13.3. The standard InChI is InChI=1S/C18H17F2N3O3S/c19-13-1-4-17(15(20)11-13)22-5-7-23(8-6-22)27(25,26)14-2-3-16-12(9-14)10-18(24)21-16/h1-4,9,11H,5-8,10H2,(H,21,24). The topological polar surface area (TPSA) is 69.7 Å². The maximum Gasteiger partial charge on any atom is 0.243 e. The van der Waals surface area contributed by atoms with Crippen molar-refractivity contribution in [2.75, 3.05) is 36.4 Å². The van der Waals surface area contributed by atoms with E-state index >= 15 is 0 Å². The van der Waals surface area contributed by atoms with Gasteiger partial charge in [0.1, 0.15) is 11.6 Å². The molecule has 0 saturated carbocycles. The number of nitrogens with one attached hydrogen (secondary N) is 1. The zero-order chi connectivity index (χ0) is 19.2. The van der Waals surface area contributed by atoms with Gasteiger partial charge in [0.2, 0.25) is 15.9 Å². The summed E-state index contributed by atoms with van der Waals surface area (Å²) < 4.78 is 54.2. The minimum atomic E-state index is -3.71. The molecule has 2 aromatic rings. The van der Waals surface area contributed by atoms with Crippen molar-refractivity contribution in [3.05, 3.63) is 53.6 Å². The fraction of sp³-hybridized carbons (Fsp3) is 0.278. The van der Waals surface area contributed by atoms with Crippen molar-refractivity contribution in [1.82, 2.24) is 4.31 Å². The first-order valence-electron chi connectivity index (χ1n) is 8.47. The van der Waals surface area contributed by atoms with Gasteiger partial charge in [-0.05, 0) is 35.9 Å². The molecule has 27 heavy (non-hydrogen) atoms. The lowest BCUT2D eigenvalue weighted by molar-refractivity contribution is -0.115. The molecule has 0 aliphatic carbocycles. The van der Waals surface area contributed by atoms with Crippen molar-refractivity contribution < 1.29 is 22.0 Å². The highest BCUT2D eigenvalue weighted by Gasteiger charge is 2.30. The van der Waals surface area contributed by atoms with Gasteiger partial charge in [0.15, 0.2) is 0 Å². The van der Waals surface area contributed by atoms with E-state index in [2.05, 4.69) is 5.32 Å². The van der Waals surface area contributed by atoms with Crippen molar-refractivity contribution in [2.45, 2.75) is 11.3 Å². The van der Waals surface area contributed by atoms with E-state index in [9.17, 15) is 22.0 Å². The highest BCUT2D eigenvalue weighted by Crippen LogP contribution is 2.28. The van der Waals surface area contributed by atoms with E-state index in [1.807, 2.05) is 0 Å². The summed E-state index contributed by atoms with van der Waals surface area (Å²) in [5, 5.41) is 2.67. The molecule has 9 heteroatoms. The Morgan fingerprint density at radius 2 is 1.70 bits per heavy atom. The second kappa shape index (κ2) is 6.58. The van der Waals surface area contributed by atoms with Crippen LogP contribution in [0, 0.1) is 11.6 Å². The predicted octanol–water partition coefficient (Wildman–Crippen LogP) is 1.97. The molecule has 0 bridgehead atoms. The van der Waals surface area contributed by atoms with Crippen LogP contribution in [-0.2, 0) is 21.2 Å². The Morgan fingerprint density at radius 1 is 0.963 bits per heavy atom. The zero-order valence-electron chi connectivity index (χ0n) is 14.3. The van der Waals surface area contributed by atoms with Crippen molar-refractivity contribution in [2.24, 2.45) is 0 Å². The van der Waals surface area contributed by atoms with Crippen LogP contribution in [-0.4, -0.2) is 44.8 Å². The van der Waals surface area contributed by atoms with Crippen LogP contribution in [0.5, 0.6) is 0 Å². The van der Waals surface area contributed by atoms with Gasteiger partial charge in [-0.1, -0.05) is 0 Å². The molecule has 1 saturated heterocycles.